The summed E-state index contributed by atoms with van der Waals surface area (Å²) in [6, 6.07) is 4.97. The predicted molar refractivity (Wildman–Crippen MR) is 85.2 cm³/mol. The first-order valence-electron chi connectivity index (χ1n) is 8.34. The van der Waals surface area contributed by atoms with Gasteiger partial charge in [-0.25, -0.2) is 0 Å². The second-order valence-electron chi connectivity index (χ2n) is 8.17. The highest BCUT2D eigenvalue weighted by molar-refractivity contribution is 5.37. The molecule has 0 aromatic heterocycles. The first kappa shape index (κ1) is 26.4. The lowest BCUT2D eigenvalue weighted by atomic mass is 9.76. The summed E-state index contributed by atoms with van der Waals surface area (Å²) in [6.07, 6.45) is -9.78. The molecular formula is C18H19F11O. The highest BCUT2D eigenvalue weighted by atomic mass is 19.4. The van der Waals surface area contributed by atoms with Gasteiger partial charge in [0.25, 0.3) is 0 Å². The first-order chi connectivity index (χ1) is 12.9. The summed E-state index contributed by atoms with van der Waals surface area (Å²) in [5.41, 5.74) is -4.10. The lowest BCUT2D eigenvalue weighted by molar-refractivity contribution is -0.424. The maximum atomic E-state index is 14.1. The Hall–Kier alpha value is -1.59. The molecule has 1 rings (SSSR count). The molecule has 1 nitrogen and oxygen atoms in total. The molecule has 1 atom stereocenters. The highest BCUT2D eigenvalue weighted by Crippen LogP contribution is 2.59. The molecule has 0 aliphatic carbocycles. The Labute approximate surface area is 164 Å². The van der Waals surface area contributed by atoms with Crippen molar-refractivity contribution in [2.75, 3.05) is 0 Å². The molecule has 0 saturated carbocycles. The molecule has 0 radical (unpaired) electrons. The molecule has 0 aliphatic rings. The number of aliphatic hydroxyl groups is 1. The summed E-state index contributed by atoms with van der Waals surface area (Å²) in [6.45, 7) is 5.19. The van der Waals surface area contributed by atoms with E-state index in [0.29, 0.717) is 6.92 Å². The van der Waals surface area contributed by atoms with Crippen molar-refractivity contribution >= 4 is 0 Å². The molecule has 0 spiro atoms. The minimum atomic E-state index is -7.50. The van der Waals surface area contributed by atoms with Crippen LogP contribution in [0, 0.1) is 0 Å². The zero-order valence-electron chi connectivity index (χ0n) is 16.1. The molecular weight excluding hydrogens is 441 g/mol. The van der Waals surface area contributed by atoms with E-state index in [0.717, 1.165) is 6.07 Å². The maximum Gasteiger partial charge on any atom is 0.460 e. The fraction of sp³-hybridized carbons (Fsp3) is 0.667. The van der Waals surface area contributed by atoms with Crippen molar-refractivity contribution in [3.63, 3.8) is 0 Å². The number of hydrogen-bond acceptors (Lipinski definition) is 1. The molecule has 12 heteroatoms. The molecule has 1 aromatic carbocycles. The van der Waals surface area contributed by atoms with Crippen LogP contribution in [0.4, 0.5) is 48.3 Å². The Balaban J connectivity index is 3.49. The summed E-state index contributed by atoms with van der Waals surface area (Å²) in [7, 11) is 0. The molecule has 0 fully saturated rings. The van der Waals surface area contributed by atoms with Crippen LogP contribution in [-0.2, 0) is 11.0 Å². The van der Waals surface area contributed by atoms with Gasteiger partial charge in [0.1, 0.15) is 0 Å². The van der Waals surface area contributed by atoms with Gasteiger partial charge in [-0.3, -0.25) is 0 Å². The van der Waals surface area contributed by atoms with Gasteiger partial charge in [0.05, 0.1) is 12.0 Å². The van der Waals surface area contributed by atoms with Crippen LogP contribution in [0.15, 0.2) is 24.3 Å². The van der Waals surface area contributed by atoms with E-state index in [1.165, 1.54) is 18.2 Å². The third kappa shape index (κ3) is 4.24. The summed E-state index contributed by atoms with van der Waals surface area (Å²) in [5.74, 6) is -28.3. The van der Waals surface area contributed by atoms with Crippen LogP contribution < -0.4 is 0 Å². The summed E-state index contributed by atoms with van der Waals surface area (Å²) in [5, 5.41) is 10.4. The normalized spacial score (nSPS) is 17.1. The van der Waals surface area contributed by atoms with E-state index in [2.05, 4.69) is 0 Å². The van der Waals surface area contributed by atoms with Gasteiger partial charge < -0.3 is 5.11 Å². The van der Waals surface area contributed by atoms with Gasteiger partial charge in [0, 0.05) is 0 Å². The van der Waals surface area contributed by atoms with Gasteiger partial charge in [-0.1, -0.05) is 45.0 Å². The largest absolute Gasteiger partial charge is 0.460 e. The van der Waals surface area contributed by atoms with Crippen LogP contribution >= 0.6 is 0 Å². The summed E-state index contributed by atoms with van der Waals surface area (Å²) < 4.78 is 145. The van der Waals surface area contributed by atoms with E-state index in [1.54, 1.807) is 20.8 Å². The molecule has 0 saturated heterocycles. The Bertz CT molecular complexity index is 758. The van der Waals surface area contributed by atoms with E-state index >= 15 is 0 Å². The van der Waals surface area contributed by atoms with Gasteiger partial charge in [0.15, 0.2) is 0 Å². The van der Waals surface area contributed by atoms with Crippen molar-refractivity contribution in [2.24, 2.45) is 0 Å². The van der Waals surface area contributed by atoms with Gasteiger partial charge in [-0.15, -0.1) is 0 Å². The molecule has 0 bridgehead atoms. The van der Waals surface area contributed by atoms with Crippen LogP contribution in [0.25, 0.3) is 0 Å². The van der Waals surface area contributed by atoms with E-state index in [-0.39, 0.29) is 5.56 Å². The number of hydrogen-bond donors (Lipinski definition) is 1. The van der Waals surface area contributed by atoms with Gasteiger partial charge in [0.2, 0.25) is 0 Å². The van der Waals surface area contributed by atoms with Crippen LogP contribution in [0.2, 0.25) is 0 Å². The maximum absolute atomic E-state index is 14.1. The second-order valence-corrected chi connectivity index (χ2v) is 8.17. The quantitative estimate of drug-likeness (QED) is 0.470. The molecule has 174 valence electrons. The van der Waals surface area contributed by atoms with Crippen molar-refractivity contribution in [1.82, 2.24) is 0 Å². The van der Waals surface area contributed by atoms with E-state index in [9.17, 15) is 53.4 Å². The molecule has 0 aliphatic heterocycles. The van der Waals surface area contributed by atoms with Crippen LogP contribution in [0.1, 0.15) is 45.2 Å². The minimum Gasteiger partial charge on any atom is -0.385 e. The third-order valence-electron chi connectivity index (χ3n) is 4.49. The smallest absolute Gasteiger partial charge is 0.385 e. The molecule has 1 aromatic rings. The number of alkyl halides is 11. The SMILES string of the molecule is CC(C)(C)c1ccccc1C(C)(O)CC(F)(F)C(F)(F)C(F)(F)C(F)(F)C(F)(F)F. The molecule has 30 heavy (non-hydrogen) atoms. The fourth-order valence-electron chi connectivity index (χ4n) is 2.85. The average molecular weight is 460 g/mol. The van der Waals surface area contributed by atoms with Crippen molar-refractivity contribution in [3.05, 3.63) is 35.4 Å². The Morgan fingerprint density at radius 2 is 1.03 bits per heavy atom. The average Bonchev–Trinajstić information content (AvgIpc) is 2.51. The van der Waals surface area contributed by atoms with E-state index < -0.39 is 52.9 Å². The molecule has 0 amide bonds. The molecule has 0 heterocycles. The van der Waals surface area contributed by atoms with Gasteiger partial charge in [-0.2, -0.15) is 48.3 Å². The summed E-state index contributed by atoms with van der Waals surface area (Å²) in [4.78, 5) is 0. The van der Waals surface area contributed by atoms with Gasteiger partial charge >= 0.3 is 29.9 Å². The topological polar surface area (TPSA) is 20.2 Å². The first-order valence-corrected chi connectivity index (χ1v) is 8.34. The van der Waals surface area contributed by atoms with Crippen LogP contribution in [0.3, 0.4) is 0 Å². The predicted octanol–water partition coefficient (Wildman–Crippen LogP) is 6.69. The highest BCUT2D eigenvalue weighted by Gasteiger charge is 2.87. The Kier molecular flexibility index (Phi) is 6.38. The van der Waals surface area contributed by atoms with Crippen molar-refractivity contribution in [2.45, 2.75) is 75.0 Å². The minimum absolute atomic E-state index is 0.140. The zero-order valence-corrected chi connectivity index (χ0v) is 16.1. The van der Waals surface area contributed by atoms with Gasteiger partial charge in [-0.05, 0) is 23.5 Å². The number of halogens is 11. The summed E-state index contributed by atoms with van der Waals surface area (Å²) >= 11 is 0. The lowest BCUT2D eigenvalue weighted by Gasteiger charge is -2.40. The Morgan fingerprint density at radius 3 is 1.40 bits per heavy atom. The zero-order chi connectivity index (χ0) is 24.2. The monoisotopic (exact) mass is 460 g/mol. The third-order valence-corrected chi connectivity index (χ3v) is 4.49. The van der Waals surface area contributed by atoms with Crippen LogP contribution in [0.5, 0.6) is 0 Å². The van der Waals surface area contributed by atoms with Crippen molar-refractivity contribution < 1.29 is 53.4 Å². The number of benzene rings is 1. The van der Waals surface area contributed by atoms with E-state index in [4.69, 9.17) is 0 Å². The number of rotatable bonds is 6. The lowest BCUT2D eigenvalue weighted by Crippen LogP contribution is -2.67. The fourth-order valence-corrected chi connectivity index (χ4v) is 2.85. The van der Waals surface area contributed by atoms with Crippen molar-refractivity contribution in [1.29, 1.82) is 0 Å². The van der Waals surface area contributed by atoms with E-state index in [1.807, 2.05) is 0 Å². The Morgan fingerprint density at radius 1 is 0.633 bits per heavy atom. The van der Waals surface area contributed by atoms with Crippen LogP contribution in [-0.4, -0.2) is 35.0 Å². The standard InChI is InChI=1S/C18H19F11O/c1-12(2,3)10-7-5-6-8-11(10)13(4,30)9-14(19,20)15(21,22)16(23,24)17(25,26)18(27,28)29/h5-8,30H,9H2,1-4H3. The molecule has 1 unspecified atom stereocenters. The molecule has 1 N–H and O–H groups in total. The van der Waals surface area contributed by atoms with Crippen molar-refractivity contribution in [3.8, 4) is 0 Å². The second kappa shape index (κ2) is 7.23.